The van der Waals surface area contributed by atoms with Gasteiger partial charge in [-0.3, -0.25) is 20.4 Å². The first-order chi connectivity index (χ1) is 15.7. The molecule has 0 aliphatic rings. The molecule has 0 fully saturated rings. The molecule has 0 saturated heterocycles. The van der Waals surface area contributed by atoms with E-state index < -0.39 is 27.4 Å². The van der Waals surface area contributed by atoms with E-state index in [1.807, 2.05) is 44.2 Å². The smallest absolute Gasteiger partial charge is 0.269 e. The molecule has 0 aliphatic carbocycles. The molecule has 2 amide bonds. The molecule has 2 N–H and O–H groups in total. The number of aromatic nitrogens is 4. The quantitative estimate of drug-likeness (QED) is 0.454. The molecule has 2 aromatic carbocycles. The fourth-order valence-corrected chi connectivity index (χ4v) is 4.31. The number of sulfone groups is 1. The van der Waals surface area contributed by atoms with Gasteiger partial charge in [0.15, 0.2) is 9.84 Å². The highest BCUT2D eigenvalue weighted by Gasteiger charge is 2.18. The lowest BCUT2D eigenvalue weighted by molar-refractivity contribution is -0.119. The van der Waals surface area contributed by atoms with E-state index in [1.165, 1.54) is 4.80 Å². The van der Waals surface area contributed by atoms with Crippen LogP contribution in [0.4, 0.5) is 0 Å². The fourth-order valence-electron chi connectivity index (χ4n) is 2.86. The molecule has 174 valence electrons. The molecule has 0 aliphatic heterocycles. The summed E-state index contributed by atoms with van der Waals surface area (Å²) in [6, 6.07) is 16.1. The van der Waals surface area contributed by atoms with Gasteiger partial charge in [0.1, 0.15) is 5.75 Å². The van der Waals surface area contributed by atoms with E-state index in [9.17, 15) is 18.0 Å². The Morgan fingerprint density at radius 1 is 1.00 bits per heavy atom. The Hall–Kier alpha value is -3.60. The van der Waals surface area contributed by atoms with E-state index in [2.05, 4.69) is 26.3 Å². The van der Waals surface area contributed by atoms with Crippen LogP contribution >= 0.6 is 0 Å². The minimum atomic E-state index is -3.52. The van der Waals surface area contributed by atoms with Crippen molar-refractivity contribution in [1.29, 1.82) is 0 Å². The van der Waals surface area contributed by atoms with Crippen LogP contribution in [0.15, 0.2) is 54.6 Å². The number of hydrogen-bond donors (Lipinski definition) is 2. The lowest BCUT2D eigenvalue weighted by Gasteiger charge is -2.09. The van der Waals surface area contributed by atoms with Crippen molar-refractivity contribution in [3.05, 3.63) is 65.7 Å². The van der Waals surface area contributed by atoms with Crippen LogP contribution in [0.5, 0.6) is 0 Å². The van der Waals surface area contributed by atoms with E-state index in [4.69, 9.17) is 0 Å². The summed E-state index contributed by atoms with van der Waals surface area (Å²) in [5.74, 6) is -1.34. The number of carbonyl (C=O) groups excluding carboxylic acids is 2. The van der Waals surface area contributed by atoms with Crippen molar-refractivity contribution in [1.82, 2.24) is 31.1 Å². The Labute approximate surface area is 192 Å². The summed E-state index contributed by atoms with van der Waals surface area (Å²) in [5, 5.41) is 12.4. The minimum absolute atomic E-state index is 0.0685. The number of nitrogens with one attached hydrogen (secondary N) is 2. The topological polar surface area (TPSA) is 136 Å². The molecule has 1 aromatic heterocycles. The molecular formula is C22H26N6O4S. The van der Waals surface area contributed by atoms with E-state index in [1.54, 1.807) is 24.3 Å². The highest BCUT2D eigenvalue weighted by molar-refractivity contribution is 7.92. The van der Waals surface area contributed by atoms with Crippen LogP contribution in [0.3, 0.4) is 0 Å². The van der Waals surface area contributed by atoms with Gasteiger partial charge in [-0.2, -0.15) is 4.80 Å². The third kappa shape index (κ3) is 7.49. The van der Waals surface area contributed by atoms with Gasteiger partial charge < -0.3 is 0 Å². The molecule has 0 bridgehead atoms. The van der Waals surface area contributed by atoms with Crippen molar-refractivity contribution < 1.29 is 18.0 Å². The summed E-state index contributed by atoms with van der Waals surface area (Å²) >= 11 is 0. The van der Waals surface area contributed by atoms with Crippen molar-refractivity contribution in [2.24, 2.45) is 5.92 Å². The number of benzene rings is 2. The Balaban J connectivity index is 1.50. The second-order valence-electron chi connectivity index (χ2n) is 7.98. The number of carbonyl (C=O) groups is 2. The first kappa shape index (κ1) is 24.1. The first-order valence-electron chi connectivity index (χ1n) is 10.4. The highest BCUT2D eigenvalue weighted by Crippen LogP contribution is 2.12. The molecule has 10 nitrogen and oxygen atoms in total. The van der Waals surface area contributed by atoms with Gasteiger partial charge in [-0.05, 0) is 35.2 Å². The lowest BCUT2D eigenvalue weighted by Crippen LogP contribution is -2.44. The number of nitrogens with zero attached hydrogens (tertiary/aromatic N) is 4. The van der Waals surface area contributed by atoms with Crippen LogP contribution in [-0.4, -0.2) is 51.9 Å². The largest absolute Gasteiger partial charge is 0.272 e. The van der Waals surface area contributed by atoms with Gasteiger partial charge in [0, 0.05) is 11.1 Å². The van der Waals surface area contributed by atoms with Crippen LogP contribution in [0.2, 0.25) is 0 Å². The van der Waals surface area contributed by atoms with Crippen molar-refractivity contribution in [2.75, 3.05) is 11.5 Å². The summed E-state index contributed by atoms with van der Waals surface area (Å²) in [4.78, 5) is 25.6. The van der Waals surface area contributed by atoms with Gasteiger partial charge in [0.05, 0.1) is 12.3 Å². The Bertz CT molecular complexity index is 1190. The molecule has 3 aromatic rings. The third-order valence-electron chi connectivity index (χ3n) is 4.70. The number of tetrazole rings is 1. The second-order valence-corrected chi connectivity index (χ2v) is 10.2. The standard InChI is InChI=1S/C22H26N6O4S/c1-16(2)12-13-33(31,32)15-20(29)23-25-22(30)19-10-8-17(9-11-19)14-28-26-21(24-27-28)18-6-4-3-5-7-18/h3-11,16H,12-15H2,1-2H3,(H,23,29)(H,25,30). The zero-order chi connectivity index (χ0) is 23.8. The maximum absolute atomic E-state index is 12.2. The molecule has 0 spiro atoms. The van der Waals surface area contributed by atoms with E-state index in [0.29, 0.717) is 24.4 Å². The van der Waals surface area contributed by atoms with Gasteiger partial charge in [-0.15, -0.1) is 10.2 Å². The van der Waals surface area contributed by atoms with E-state index >= 15 is 0 Å². The summed E-state index contributed by atoms with van der Waals surface area (Å²) in [6.45, 7) is 4.18. The van der Waals surface area contributed by atoms with Crippen LogP contribution < -0.4 is 10.9 Å². The van der Waals surface area contributed by atoms with Crippen molar-refractivity contribution in [2.45, 2.75) is 26.8 Å². The van der Waals surface area contributed by atoms with Gasteiger partial charge in [-0.1, -0.05) is 56.3 Å². The normalized spacial score (nSPS) is 11.4. The van der Waals surface area contributed by atoms with Crippen LogP contribution in [0.1, 0.15) is 36.2 Å². The van der Waals surface area contributed by atoms with Gasteiger partial charge in [0.25, 0.3) is 11.8 Å². The SMILES string of the molecule is CC(C)CCS(=O)(=O)CC(=O)NNC(=O)c1ccc(Cn2nnc(-c3ccccc3)n2)cc1. The molecule has 33 heavy (non-hydrogen) atoms. The summed E-state index contributed by atoms with van der Waals surface area (Å²) in [7, 11) is -3.52. The summed E-state index contributed by atoms with van der Waals surface area (Å²) < 4.78 is 23.9. The minimum Gasteiger partial charge on any atom is -0.272 e. The van der Waals surface area contributed by atoms with Gasteiger partial charge >= 0.3 is 0 Å². The van der Waals surface area contributed by atoms with Crippen LogP contribution in [0.25, 0.3) is 11.4 Å². The van der Waals surface area contributed by atoms with Crippen molar-refractivity contribution in [3.63, 3.8) is 0 Å². The Morgan fingerprint density at radius 2 is 1.70 bits per heavy atom. The third-order valence-corrected chi connectivity index (χ3v) is 6.26. The molecule has 0 unspecified atom stereocenters. The predicted molar refractivity (Wildman–Crippen MR) is 123 cm³/mol. The number of hydrogen-bond acceptors (Lipinski definition) is 7. The molecule has 0 saturated carbocycles. The van der Waals surface area contributed by atoms with E-state index in [0.717, 1.165) is 11.1 Å². The maximum Gasteiger partial charge on any atom is 0.269 e. The summed E-state index contributed by atoms with van der Waals surface area (Å²) in [5.41, 5.74) is 6.40. The predicted octanol–water partition coefficient (Wildman–Crippen LogP) is 1.61. The first-order valence-corrected chi connectivity index (χ1v) is 12.3. The molecule has 3 rings (SSSR count). The van der Waals surface area contributed by atoms with Crippen molar-refractivity contribution >= 4 is 21.7 Å². The van der Waals surface area contributed by atoms with Crippen molar-refractivity contribution in [3.8, 4) is 11.4 Å². The molecule has 0 radical (unpaired) electrons. The Kier molecular flexibility index (Phi) is 7.88. The maximum atomic E-state index is 12.2. The number of hydrazine groups is 1. The molecule has 11 heteroatoms. The second kappa shape index (κ2) is 10.8. The summed E-state index contributed by atoms with van der Waals surface area (Å²) in [6.07, 6.45) is 0.478. The van der Waals surface area contributed by atoms with Crippen LogP contribution in [0, 0.1) is 5.92 Å². The molecule has 1 heterocycles. The highest BCUT2D eigenvalue weighted by atomic mass is 32.2. The van der Waals surface area contributed by atoms with Gasteiger partial charge in [-0.25, -0.2) is 8.42 Å². The molecular weight excluding hydrogens is 444 g/mol. The lowest BCUT2D eigenvalue weighted by atomic mass is 10.1. The number of amides is 2. The average Bonchev–Trinajstić information content (AvgIpc) is 3.25. The monoisotopic (exact) mass is 470 g/mol. The fraction of sp³-hybridized carbons (Fsp3) is 0.318. The van der Waals surface area contributed by atoms with Gasteiger partial charge in [0.2, 0.25) is 5.82 Å². The number of rotatable bonds is 9. The average molecular weight is 471 g/mol. The molecule has 0 atom stereocenters. The Morgan fingerprint density at radius 3 is 2.36 bits per heavy atom. The van der Waals surface area contributed by atoms with Crippen LogP contribution in [-0.2, 0) is 21.2 Å². The van der Waals surface area contributed by atoms with E-state index in [-0.39, 0.29) is 11.7 Å². The zero-order valence-corrected chi connectivity index (χ0v) is 19.2. The zero-order valence-electron chi connectivity index (χ0n) is 18.4.